The molecule has 1 saturated carbocycles. The summed E-state index contributed by atoms with van der Waals surface area (Å²) in [5.41, 5.74) is 3.74. The molecule has 0 N–H and O–H groups in total. The fourth-order valence-corrected chi connectivity index (χ4v) is 4.27. The number of anilines is 1. The molecule has 2 heterocycles. The third-order valence-electron chi connectivity index (χ3n) is 5.97. The van der Waals surface area contributed by atoms with Crippen LogP contribution < -0.4 is 4.90 Å². The molecule has 33 heavy (non-hydrogen) atoms. The van der Waals surface area contributed by atoms with Gasteiger partial charge in [-0.05, 0) is 31.3 Å². The van der Waals surface area contributed by atoms with Gasteiger partial charge < -0.3 is 14.3 Å². The zero-order valence-electron chi connectivity index (χ0n) is 18.4. The molecule has 1 aromatic heterocycles. The molecule has 4 aromatic rings. The predicted octanol–water partition coefficient (Wildman–Crippen LogP) is 6.82. The van der Waals surface area contributed by atoms with Gasteiger partial charge in [-0.2, -0.15) is 37.0 Å². The number of nitrogens with zero attached hydrogens (tertiary/aromatic N) is 3. The molecular formula is C28H26IrN3O. The summed E-state index contributed by atoms with van der Waals surface area (Å²) in [6.45, 7) is 2.20. The Bertz CT molecular complexity index is 1150. The van der Waals surface area contributed by atoms with E-state index in [2.05, 4.69) is 58.3 Å². The number of benzene rings is 3. The summed E-state index contributed by atoms with van der Waals surface area (Å²) in [7, 11) is 0. The Kier molecular flexibility index (Phi) is 7.98. The standard InChI is InChI=1S/C15H18N2.C13H8NO.Ir/c1-3-7-14(8-4-1)16-11-12-17(13-16)15-9-5-2-6-10-15;1-2-6-10(7-3-1)13-11-8-4-5-9-12(11)15-14-13;/h1,3-4,7,11-13,15H,2,5-6,9-10H2;1-6,8-9H;/q-2;-1;+3. The molecule has 1 fully saturated rings. The molecule has 5 heteroatoms. The van der Waals surface area contributed by atoms with Crippen LogP contribution in [-0.4, -0.2) is 16.1 Å². The van der Waals surface area contributed by atoms with Gasteiger partial charge in [0.1, 0.15) is 0 Å². The van der Waals surface area contributed by atoms with Crippen molar-refractivity contribution >= 4 is 16.7 Å². The maximum absolute atomic E-state index is 5.23. The smallest absolute Gasteiger partial charge is 0.505 e. The van der Waals surface area contributed by atoms with Crippen molar-refractivity contribution in [3.63, 3.8) is 0 Å². The van der Waals surface area contributed by atoms with Crippen LogP contribution in [0.15, 0.2) is 89.7 Å². The molecule has 4 nitrogen and oxygen atoms in total. The Morgan fingerprint density at radius 1 is 0.848 bits per heavy atom. The van der Waals surface area contributed by atoms with Gasteiger partial charge in [0.2, 0.25) is 0 Å². The van der Waals surface area contributed by atoms with Crippen molar-refractivity contribution in [1.29, 1.82) is 0 Å². The van der Waals surface area contributed by atoms with Gasteiger partial charge in [0.25, 0.3) is 0 Å². The Labute approximate surface area is 209 Å². The number of para-hydroxylation sites is 2. The first-order chi connectivity index (χ1) is 15.9. The Morgan fingerprint density at radius 3 is 2.36 bits per heavy atom. The fourth-order valence-electron chi connectivity index (χ4n) is 4.27. The Hall–Kier alpha value is -2.88. The van der Waals surface area contributed by atoms with Crippen LogP contribution in [0, 0.1) is 18.8 Å². The minimum Gasteiger partial charge on any atom is -0.505 e. The molecule has 6 rings (SSSR count). The van der Waals surface area contributed by atoms with Crippen LogP contribution >= 0.6 is 0 Å². The van der Waals surface area contributed by atoms with E-state index in [1.165, 1.54) is 32.1 Å². The SMILES string of the molecule is [Ir+3].[c-]1ccccc1-c1noc2ccccc12.[c-]1ccccc1N1C=CN(C2CCCCC2)[CH-]1. The van der Waals surface area contributed by atoms with Crippen LogP contribution in [0.4, 0.5) is 5.69 Å². The van der Waals surface area contributed by atoms with Gasteiger partial charge >= 0.3 is 20.1 Å². The molecule has 0 unspecified atom stereocenters. The average Bonchev–Trinajstić information content (AvgIpc) is 3.54. The Balaban J connectivity index is 0.000000153. The first kappa shape index (κ1) is 23.3. The minimum absolute atomic E-state index is 0. The summed E-state index contributed by atoms with van der Waals surface area (Å²) in [6.07, 6.45) is 11.1. The van der Waals surface area contributed by atoms with Crippen LogP contribution in [0.25, 0.3) is 22.2 Å². The van der Waals surface area contributed by atoms with Gasteiger partial charge in [-0.25, -0.2) is 0 Å². The van der Waals surface area contributed by atoms with Crippen LogP contribution in [0.2, 0.25) is 0 Å². The van der Waals surface area contributed by atoms with Crippen LogP contribution in [0.1, 0.15) is 32.1 Å². The van der Waals surface area contributed by atoms with Gasteiger partial charge in [0.05, 0.1) is 0 Å². The van der Waals surface area contributed by atoms with Gasteiger partial charge in [0.15, 0.2) is 5.58 Å². The molecular weight excluding hydrogens is 587 g/mol. The Morgan fingerprint density at radius 2 is 1.61 bits per heavy atom. The van der Waals surface area contributed by atoms with E-state index in [1.807, 2.05) is 60.7 Å². The van der Waals surface area contributed by atoms with Gasteiger partial charge in [-0.15, -0.1) is 46.7 Å². The van der Waals surface area contributed by atoms with Gasteiger partial charge in [0, 0.05) is 17.1 Å². The largest absolute Gasteiger partial charge is 3.00 e. The molecule has 0 spiro atoms. The van der Waals surface area contributed by atoms with E-state index in [0.29, 0.717) is 6.04 Å². The van der Waals surface area contributed by atoms with Crippen LogP contribution in [0.3, 0.4) is 0 Å². The second kappa shape index (κ2) is 11.3. The monoisotopic (exact) mass is 613 g/mol. The van der Waals surface area contributed by atoms with Gasteiger partial charge in [-0.1, -0.05) is 37.5 Å². The molecule has 0 atom stereocenters. The number of fused-ring (bicyclic) bond motifs is 1. The van der Waals surface area contributed by atoms with E-state index < -0.39 is 0 Å². The summed E-state index contributed by atoms with van der Waals surface area (Å²) < 4.78 is 5.23. The molecule has 3 aromatic carbocycles. The van der Waals surface area contributed by atoms with Crippen LogP contribution in [0.5, 0.6) is 0 Å². The summed E-state index contributed by atoms with van der Waals surface area (Å²) in [5.74, 6) is 0. The zero-order chi connectivity index (χ0) is 21.6. The van der Waals surface area contributed by atoms with E-state index in [0.717, 1.165) is 27.9 Å². The van der Waals surface area contributed by atoms with Crippen molar-refractivity contribution in [3.05, 3.63) is 104 Å². The maximum atomic E-state index is 5.23. The van der Waals surface area contributed by atoms with Crippen molar-refractivity contribution in [3.8, 4) is 11.3 Å². The van der Waals surface area contributed by atoms with Crippen molar-refractivity contribution in [2.75, 3.05) is 4.90 Å². The molecule has 1 aliphatic heterocycles. The molecule has 2 aliphatic rings. The number of rotatable bonds is 3. The van der Waals surface area contributed by atoms with Crippen molar-refractivity contribution in [1.82, 2.24) is 10.1 Å². The summed E-state index contributed by atoms with van der Waals surface area (Å²) >= 11 is 0. The normalized spacial score (nSPS) is 15.8. The van der Waals surface area contributed by atoms with Gasteiger partial charge in [-0.3, -0.25) is 0 Å². The van der Waals surface area contributed by atoms with Crippen molar-refractivity contribution in [2.24, 2.45) is 0 Å². The molecule has 168 valence electrons. The summed E-state index contributed by atoms with van der Waals surface area (Å²) in [4.78, 5) is 4.51. The van der Waals surface area contributed by atoms with E-state index >= 15 is 0 Å². The van der Waals surface area contributed by atoms with Crippen LogP contribution in [-0.2, 0) is 20.1 Å². The van der Waals surface area contributed by atoms with E-state index in [-0.39, 0.29) is 20.1 Å². The maximum Gasteiger partial charge on any atom is 3.00 e. The third-order valence-corrected chi connectivity index (χ3v) is 5.97. The first-order valence-electron chi connectivity index (χ1n) is 11.3. The van der Waals surface area contributed by atoms with Crippen molar-refractivity contribution < 1.29 is 24.6 Å². The molecule has 0 bridgehead atoms. The van der Waals surface area contributed by atoms with E-state index in [4.69, 9.17) is 4.52 Å². The fraction of sp³-hybridized carbons (Fsp3) is 0.214. The minimum atomic E-state index is 0. The topological polar surface area (TPSA) is 32.5 Å². The second-order valence-electron chi connectivity index (χ2n) is 8.11. The van der Waals surface area contributed by atoms with Crippen molar-refractivity contribution in [2.45, 2.75) is 38.1 Å². The van der Waals surface area contributed by atoms with E-state index in [1.54, 1.807) is 0 Å². The number of hydrogen-bond donors (Lipinski definition) is 0. The molecule has 0 amide bonds. The molecule has 0 saturated heterocycles. The third kappa shape index (κ3) is 5.55. The van der Waals surface area contributed by atoms with E-state index in [9.17, 15) is 0 Å². The zero-order valence-corrected chi connectivity index (χ0v) is 20.8. The first-order valence-corrected chi connectivity index (χ1v) is 11.3. The average molecular weight is 613 g/mol. The number of hydrogen-bond acceptors (Lipinski definition) is 4. The summed E-state index contributed by atoms with van der Waals surface area (Å²) in [6, 6.07) is 30.8. The predicted molar refractivity (Wildman–Crippen MR) is 128 cm³/mol. The quantitative estimate of drug-likeness (QED) is 0.238. The summed E-state index contributed by atoms with van der Waals surface area (Å²) in [5, 5.41) is 5.09. The molecule has 1 aliphatic carbocycles. The number of aromatic nitrogens is 1. The molecule has 0 radical (unpaired) electrons. The second-order valence-corrected chi connectivity index (χ2v) is 8.11.